The van der Waals surface area contributed by atoms with Gasteiger partial charge in [0, 0.05) is 36.3 Å². The van der Waals surface area contributed by atoms with Gasteiger partial charge in [0.25, 0.3) is 0 Å². The molecule has 0 heterocycles. The Morgan fingerprint density at radius 2 is 1.81 bits per heavy atom. The Bertz CT molecular complexity index is 725. The number of hydrogen-bond acceptors (Lipinski definition) is 5. The fourth-order valence-corrected chi connectivity index (χ4v) is 2.53. The third-order valence-corrected chi connectivity index (χ3v) is 4.14. The smallest absolute Gasteiger partial charge is 0.175 e. The molecule has 0 spiro atoms. The zero-order valence-corrected chi connectivity index (χ0v) is 12.8. The van der Waals surface area contributed by atoms with Crippen molar-refractivity contribution in [3.8, 4) is 5.75 Å². The van der Waals surface area contributed by atoms with Gasteiger partial charge in [-0.2, -0.15) is 0 Å². The number of sulfone groups is 1. The van der Waals surface area contributed by atoms with E-state index in [1.807, 2.05) is 12.1 Å². The van der Waals surface area contributed by atoms with Crippen molar-refractivity contribution in [1.29, 1.82) is 0 Å². The van der Waals surface area contributed by atoms with Crippen LogP contribution in [-0.4, -0.2) is 21.8 Å². The quantitative estimate of drug-likeness (QED) is 0.828. The van der Waals surface area contributed by atoms with E-state index >= 15 is 0 Å². The molecule has 5 nitrogen and oxygen atoms in total. The highest BCUT2D eigenvalue weighted by atomic mass is 32.2. The molecule has 0 aliphatic carbocycles. The summed E-state index contributed by atoms with van der Waals surface area (Å²) in [5.41, 5.74) is 8.22. The van der Waals surface area contributed by atoms with Crippen LogP contribution in [0, 0.1) is 0 Å². The van der Waals surface area contributed by atoms with Gasteiger partial charge in [-0.25, -0.2) is 8.42 Å². The number of ether oxygens (including phenoxy) is 1. The Balaban J connectivity index is 2.08. The van der Waals surface area contributed by atoms with E-state index in [0.717, 1.165) is 11.3 Å². The molecule has 0 aromatic heterocycles. The SMILES string of the molecule is COc1cc(N)cc(NCc2ccc(S(C)(=O)=O)cc2)c1. The molecule has 0 saturated heterocycles. The number of hydrogen-bond donors (Lipinski definition) is 2. The summed E-state index contributed by atoms with van der Waals surface area (Å²) < 4.78 is 27.9. The van der Waals surface area contributed by atoms with Crippen LogP contribution in [0.5, 0.6) is 5.75 Å². The van der Waals surface area contributed by atoms with Crippen molar-refractivity contribution in [2.24, 2.45) is 0 Å². The molecule has 0 atom stereocenters. The van der Waals surface area contributed by atoms with Crippen molar-refractivity contribution in [3.05, 3.63) is 48.0 Å². The van der Waals surface area contributed by atoms with E-state index < -0.39 is 9.84 Å². The fourth-order valence-electron chi connectivity index (χ4n) is 1.90. The molecule has 3 N–H and O–H groups in total. The summed E-state index contributed by atoms with van der Waals surface area (Å²) in [6.07, 6.45) is 1.19. The van der Waals surface area contributed by atoms with Gasteiger partial charge >= 0.3 is 0 Å². The summed E-state index contributed by atoms with van der Waals surface area (Å²) >= 11 is 0. The van der Waals surface area contributed by atoms with Gasteiger partial charge in [-0.15, -0.1) is 0 Å². The molecule has 0 aliphatic heterocycles. The lowest BCUT2D eigenvalue weighted by molar-refractivity contribution is 0.415. The number of methoxy groups -OCH3 is 1. The average Bonchev–Trinajstić information content (AvgIpc) is 2.44. The number of benzene rings is 2. The normalized spacial score (nSPS) is 11.1. The van der Waals surface area contributed by atoms with Crippen LogP contribution in [-0.2, 0) is 16.4 Å². The maximum Gasteiger partial charge on any atom is 0.175 e. The minimum Gasteiger partial charge on any atom is -0.497 e. The molecule has 0 unspecified atom stereocenters. The molecule has 112 valence electrons. The summed E-state index contributed by atoms with van der Waals surface area (Å²) in [5.74, 6) is 0.685. The summed E-state index contributed by atoms with van der Waals surface area (Å²) in [4.78, 5) is 0.317. The Labute approximate surface area is 124 Å². The average molecular weight is 306 g/mol. The molecule has 0 bridgehead atoms. The predicted molar refractivity (Wildman–Crippen MR) is 84.3 cm³/mol. The highest BCUT2D eigenvalue weighted by molar-refractivity contribution is 7.90. The second-order valence-electron chi connectivity index (χ2n) is 4.76. The third kappa shape index (κ3) is 4.13. The molecule has 0 aliphatic rings. The standard InChI is InChI=1S/C15H18N2O3S/c1-20-14-8-12(16)7-13(9-14)17-10-11-3-5-15(6-4-11)21(2,18)19/h3-9,17H,10,16H2,1-2H3. The molecule has 6 heteroatoms. The van der Waals surface area contributed by atoms with E-state index in [2.05, 4.69) is 5.32 Å². The summed E-state index contributed by atoms with van der Waals surface area (Å²) in [6.45, 7) is 0.566. The van der Waals surface area contributed by atoms with E-state index in [4.69, 9.17) is 10.5 Å². The molecule has 2 rings (SSSR count). The van der Waals surface area contributed by atoms with Crippen molar-refractivity contribution in [2.45, 2.75) is 11.4 Å². The topological polar surface area (TPSA) is 81.4 Å². The van der Waals surface area contributed by atoms with Crippen molar-refractivity contribution < 1.29 is 13.2 Å². The summed E-state index contributed by atoms with van der Waals surface area (Å²) in [6, 6.07) is 12.2. The molecule has 2 aromatic rings. The van der Waals surface area contributed by atoms with Gasteiger partial charge in [-0.3, -0.25) is 0 Å². The van der Waals surface area contributed by atoms with Crippen molar-refractivity contribution >= 4 is 21.2 Å². The van der Waals surface area contributed by atoms with Crippen LogP contribution < -0.4 is 15.8 Å². The zero-order chi connectivity index (χ0) is 15.5. The molecular formula is C15H18N2O3S. The largest absolute Gasteiger partial charge is 0.497 e. The van der Waals surface area contributed by atoms with Crippen molar-refractivity contribution in [1.82, 2.24) is 0 Å². The van der Waals surface area contributed by atoms with Gasteiger partial charge in [0.1, 0.15) is 5.75 Å². The summed E-state index contributed by atoms with van der Waals surface area (Å²) in [7, 11) is -1.57. The third-order valence-electron chi connectivity index (χ3n) is 3.01. The zero-order valence-electron chi connectivity index (χ0n) is 12.0. The van der Waals surface area contributed by atoms with Crippen molar-refractivity contribution in [3.63, 3.8) is 0 Å². The van der Waals surface area contributed by atoms with Crippen LogP contribution in [0.2, 0.25) is 0 Å². The molecule has 21 heavy (non-hydrogen) atoms. The van der Waals surface area contributed by atoms with Crippen molar-refractivity contribution in [2.75, 3.05) is 24.4 Å². The van der Waals surface area contributed by atoms with E-state index in [1.54, 1.807) is 37.4 Å². The molecule has 2 aromatic carbocycles. The lowest BCUT2D eigenvalue weighted by Gasteiger charge is -2.10. The predicted octanol–water partition coefficient (Wildman–Crippen LogP) is 2.29. The first-order chi connectivity index (χ1) is 9.88. The monoisotopic (exact) mass is 306 g/mol. The van der Waals surface area contributed by atoms with Gasteiger partial charge in [-0.1, -0.05) is 12.1 Å². The lowest BCUT2D eigenvalue weighted by Crippen LogP contribution is -2.02. The van der Waals surface area contributed by atoms with Crippen LogP contribution in [0.3, 0.4) is 0 Å². The maximum atomic E-state index is 11.4. The van der Waals surface area contributed by atoms with E-state index in [0.29, 0.717) is 22.9 Å². The molecule has 0 fully saturated rings. The molecular weight excluding hydrogens is 288 g/mol. The number of anilines is 2. The maximum absolute atomic E-state index is 11.4. The van der Waals surface area contributed by atoms with Gasteiger partial charge in [0.2, 0.25) is 0 Å². The Kier molecular flexibility index (Phi) is 4.37. The second-order valence-corrected chi connectivity index (χ2v) is 6.78. The molecule has 0 amide bonds. The van der Waals surface area contributed by atoms with Crippen LogP contribution in [0.25, 0.3) is 0 Å². The first kappa shape index (κ1) is 15.2. The first-order valence-corrected chi connectivity index (χ1v) is 8.25. The lowest BCUT2D eigenvalue weighted by atomic mass is 10.2. The Morgan fingerprint density at radius 1 is 1.14 bits per heavy atom. The molecule has 0 saturated carbocycles. The minimum atomic E-state index is -3.15. The fraction of sp³-hybridized carbons (Fsp3) is 0.200. The Hall–Kier alpha value is -2.21. The number of rotatable bonds is 5. The molecule has 0 radical (unpaired) electrons. The Morgan fingerprint density at radius 3 is 2.38 bits per heavy atom. The van der Waals surface area contributed by atoms with E-state index in [-0.39, 0.29) is 0 Å². The van der Waals surface area contributed by atoms with Crippen LogP contribution in [0.1, 0.15) is 5.56 Å². The second kappa shape index (κ2) is 6.05. The summed E-state index contributed by atoms with van der Waals surface area (Å²) in [5, 5.41) is 3.23. The highest BCUT2D eigenvalue weighted by Crippen LogP contribution is 2.22. The van der Waals surface area contributed by atoms with Gasteiger partial charge in [0.15, 0.2) is 9.84 Å². The van der Waals surface area contributed by atoms with E-state index in [9.17, 15) is 8.42 Å². The van der Waals surface area contributed by atoms with E-state index in [1.165, 1.54) is 6.26 Å². The number of nitrogen functional groups attached to an aromatic ring is 1. The van der Waals surface area contributed by atoms with Gasteiger partial charge in [-0.05, 0) is 23.8 Å². The van der Waals surface area contributed by atoms with Crippen LogP contribution >= 0.6 is 0 Å². The first-order valence-electron chi connectivity index (χ1n) is 6.36. The number of nitrogens with one attached hydrogen (secondary N) is 1. The van der Waals surface area contributed by atoms with Crippen LogP contribution in [0.4, 0.5) is 11.4 Å². The highest BCUT2D eigenvalue weighted by Gasteiger charge is 2.06. The van der Waals surface area contributed by atoms with Gasteiger partial charge in [0.05, 0.1) is 12.0 Å². The minimum absolute atomic E-state index is 0.317. The van der Waals surface area contributed by atoms with Crippen LogP contribution in [0.15, 0.2) is 47.4 Å². The van der Waals surface area contributed by atoms with Gasteiger partial charge < -0.3 is 15.8 Å². The number of nitrogens with two attached hydrogens (primary N) is 1.